The minimum absolute atomic E-state index is 0.00161. The predicted octanol–water partition coefficient (Wildman–Crippen LogP) is 7.84. The molecule has 0 amide bonds. The van der Waals surface area contributed by atoms with E-state index in [2.05, 4.69) is 13.8 Å². The maximum absolute atomic E-state index is 10.9. The van der Waals surface area contributed by atoms with Gasteiger partial charge in [-0.1, -0.05) is 84.5 Å². The van der Waals surface area contributed by atoms with E-state index in [1.807, 2.05) is 0 Å². The van der Waals surface area contributed by atoms with Crippen LogP contribution in [0.25, 0.3) is 0 Å². The number of phenols is 1. The summed E-state index contributed by atoms with van der Waals surface area (Å²) in [5.41, 5.74) is 0.312. The highest BCUT2D eigenvalue weighted by Crippen LogP contribution is 2.25. The molecule has 1 aromatic rings. The molecule has 0 heterocycles. The molecule has 0 fully saturated rings. The Morgan fingerprint density at radius 1 is 0.821 bits per heavy atom. The molecule has 3 nitrogen and oxygen atoms in total. The summed E-state index contributed by atoms with van der Waals surface area (Å²) in [6.07, 6.45) is 19.9. The number of hydrogen-bond donors (Lipinski definition) is 1. The Kier molecular flexibility index (Phi) is 14.4. The summed E-state index contributed by atoms with van der Waals surface area (Å²) < 4.78 is 6.19. The van der Waals surface area contributed by atoms with E-state index in [1.54, 1.807) is 18.2 Å². The first kappa shape index (κ1) is 24.5. The molecule has 28 heavy (non-hydrogen) atoms. The molecule has 0 bridgehead atoms. The van der Waals surface area contributed by atoms with Crippen molar-refractivity contribution in [3.05, 3.63) is 23.8 Å². The zero-order valence-corrected chi connectivity index (χ0v) is 18.3. The quantitative estimate of drug-likeness (QED) is 0.205. The highest BCUT2D eigenvalue weighted by atomic mass is 16.5. The molecule has 1 aromatic carbocycles. The fraction of sp³-hybridized carbons (Fsp3) is 0.720. The van der Waals surface area contributed by atoms with Crippen LogP contribution in [0.15, 0.2) is 18.2 Å². The summed E-state index contributed by atoms with van der Waals surface area (Å²) >= 11 is 0. The van der Waals surface area contributed by atoms with Gasteiger partial charge in [0.15, 0.2) is 6.29 Å². The van der Waals surface area contributed by atoms with Gasteiger partial charge in [0.1, 0.15) is 11.5 Å². The standard InChI is InChI=1S/C25H42O3/c1-3-5-7-9-11-13-15-17-23(16-14-12-10-8-6-4-2)28-24-19-18-22(21-26)25(27)20-24/h18-21,23,27H,3-17H2,1-2H3. The normalized spacial score (nSPS) is 12.1. The fourth-order valence-corrected chi connectivity index (χ4v) is 3.63. The van der Waals surface area contributed by atoms with Crippen LogP contribution in [0, 0.1) is 0 Å². The molecular formula is C25H42O3. The van der Waals surface area contributed by atoms with Gasteiger partial charge in [0.2, 0.25) is 0 Å². The summed E-state index contributed by atoms with van der Waals surface area (Å²) in [6.45, 7) is 4.50. The Hall–Kier alpha value is -1.51. The number of ether oxygens (including phenoxy) is 1. The van der Waals surface area contributed by atoms with E-state index < -0.39 is 0 Å². The SMILES string of the molecule is CCCCCCCCCC(CCCCCCCC)Oc1ccc(C=O)c(O)c1. The molecule has 1 N–H and O–H groups in total. The van der Waals surface area contributed by atoms with Crippen LogP contribution in [0.5, 0.6) is 11.5 Å². The van der Waals surface area contributed by atoms with Gasteiger partial charge >= 0.3 is 0 Å². The highest BCUT2D eigenvalue weighted by Gasteiger charge is 2.12. The second kappa shape index (κ2) is 16.4. The summed E-state index contributed by atoms with van der Waals surface area (Å²) in [5, 5.41) is 9.91. The Balaban J connectivity index is 2.42. The van der Waals surface area contributed by atoms with Gasteiger partial charge in [0, 0.05) is 6.07 Å². The van der Waals surface area contributed by atoms with Gasteiger partial charge in [0.25, 0.3) is 0 Å². The second-order valence-corrected chi connectivity index (χ2v) is 8.04. The number of unbranched alkanes of at least 4 members (excludes halogenated alkanes) is 11. The van der Waals surface area contributed by atoms with E-state index in [4.69, 9.17) is 4.74 Å². The Bertz CT molecular complexity index is 513. The minimum atomic E-state index is 0.00161. The van der Waals surface area contributed by atoms with Crippen molar-refractivity contribution in [2.24, 2.45) is 0 Å². The average molecular weight is 391 g/mol. The molecule has 3 heteroatoms. The zero-order chi connectivity index (χ0) is 20.5. The van der Waals surface area contributed by atoms with Gasteiger partial charge in [0.05, 0.1) is 11.7 Å². The number of benzene rings is 1. The third-order valence-electron chi connectivity index (χ3n) is 5.44. The molecule has 0 radical (unpaired) electrons. The van der Waals surface area contributed by atoms with Crippen molar-refractivity contribution in [2.45, 2.75) is 116 Å². The van der Waals surface area contributed by atoms with Crippen molar-refractivity contribution in [1.29, 1.82) is 0 Å². The van der Waals surface area contributed by atoms with Crippen molar-refractivity contribution >= 4 is 6.29 Å². The van der Waals surface area contributed by atoms with Crippen molar-refractivity contribution in [3.63, 3.8) is 0 Å². The monoisotopic (exact) mass is 390 g/mol. The summed E-state index contributed by atoms with van der Waals surface area (Å²) in [7, 11) is 0. The fourth-order valence-electron chi connectivity index (χ4n) is 3.63. The molecule has 0 saturated heterocycles. The maximum atomic E-state index is 10.9. The van der Waals surface area contributed by atoms with Crippen molar-refractivity contribution in [2.75, 3.05) is 0 Å². The summed E-state index contributed by atoms with van der Waals surface area (Å²) in [4.78, 5) is 10.9. The van der Waals surface area contributed by atoms with E-state index in [9.17, 15) is 9.90 Å². The van der Waals surface area contributed by atoms with Crippen molar-refractivity contribution in [3.8, 4) is 11.5 Å². The van der Waals surface area contributed by atoms with Crippen LogP contribution in [0.4, 0.5) is 0 Å². The van der Waals surface area contributed by atoms with Crippen LogP contribution >= 0.6 is 0 Å². The Labute approximate surface area is 172 Å². The summed E-state index contributed by atoms with van der Waals surface area (Å²) in [5.74, 6) is 0.670. The van der Waals surface area contributed by atoms with E-state index in [1.165, 1.54) is 83.5 Å². The van der Waals surface area contributed by atoms with E-state index >= 15 is 0 Å². The third kappa shape index (κ3) is 11.4. The number of hydrogen-bond acceptors (Lipinski definition) is 3. The molecule has 0 aromatic heterocycles. The predicted molar refractivity (Wildman–Crippen MR) is 119 cm³/mol. The van der Waals surface area contributed by atoms with Crippen LogP contribution in [0.2, 0.25) is 0 Å². The number of aromatic hydroxyl groups is 1. The van der Waals surface area contributed by atoms with E-state index in [0.29, 0.717) is 17.6 Å². The Morgan fingerprint density at radius 2 is 1.32 bits per heavy atom. The van der Waals surface area contributed by atoms with Gasteiger partial charge in [-0.2, -0.15) is 0 Å². The molecule has 1 unspecified atom stereocenters. The lowest BCUT2D eigenvalue weighted by Gasteiger charge is -2.20. The molecule has 0 saturated carbocycles. The maximum Gasteiger partial charge on any atom is 0.153 e. The first-order chi connectivity index (χ1) is 13.7. The first-order valence-electron chi connectivity index (χ1n) is 11.7. The molecule has 0 spiro atoms. The molecule has 0 aliphatic rings. The van der Waals surface area contributed by atoms with Crippen LogP contribution < -0.4 is 4.74 Å². The zero-order valence-electron chi connectivity index (χ0n) is 18.3. The molecule has 1 rings (SSSR count). The second-order valence-electron chi connectivity index (χ2n) is 8.04. The lowest BCUT2D eigenvalue weighted by molar-refractivity contribution is 0.112. The summed E-state index contributed by atoms with van der Waals surface area (Å²) in [6, 6.07) is 5.00. The smallest absolute Gasteiger partial charge is 0.153 e. The number of phenolic OH excluding ortho intramolecular Hbond substituents is 1. The number of carbonyl (C=O) groups excluding carboxylic acids is 1. The molecule has 0 aliphatic heterocycles. The van der Waals surface area contributed by atoms with Gasteiger partial charge in [-0.25, -0.2) is 0 Å². The van der Waals surface area contributed by atoms with Crippen LogP contribution in [0.1, 0.15) is 121 Å². The van der Waals surface area contributed by atoms with Crippen LogP contribution in [-0.4, -0.2) is 17.5 Å². The van der Waals surface area contributed by atoms with E-state index in [0.717, 1.165) is 12.8 Å². The lowest BCUT2D eigenvalue weighted by Crippen LogP contribution is -2.16. The number of aldehydes is 1. The first-order valence-corrected chi connectivity index (χ1v) is 11.7. The average Bonchev–Trinajstić information content (AvgIpc) is 2.69. The lowest BCUT2D eigenvalue weighted by atomic mass is 10.0. The van der Waals surface area contributed by atoms with E-state index in [-0.39, 0.29) is 11.9 Å². The van der Waals surface area contributed by atoms with Crippen molar-refractivity contribution < 1.29 is 14.6 Å². The third-order valence-corrected chi connectivity index (χ3v) is 5.44. The molecule has 160 valence electrons. The van der Waals surface area contributed by atoms with Gasteiger partial charge in [-0.15, -0.1) is 0 Å². The minimum Gasteiger partial charge on any atom is -0.507 e. The molecule has 0 aliphatic carbocycles. The van der Waals surface area contributed by atoms with Crippen molar-refractivity contribution in [1.82, 2.24) is 0 Å². The molecule has 1 atom stereocenters. The highest BCUT2D eigenvalue weighted by molar-refractivity contribution is 5.79. The van der Waals surface area contributed by atoms with Gasteiger partial charge < -0.3 is 9.84 Å². The number of rotatable bonds is 18. The topological polar surface area (TPSA) is 46.5 Å². The van der Waals surface area contributed by atoms with Gasteiger partial charge in [-0.3, -0.25) is 4.79 Å². The largest absolute Gasteiger partial charge is 0.507 e. The number of carbonyl (C=O) groups is 1. The van der Waals surface area contributed by atoms with Crippen LogP contribution in [-0.2, 0) is 0 Å². The van der Waals surface area contributed by atoms with Gasteiger partial charge in [-0.05, 0) is 37.8 Å². The van der Waals surface area contributed by atoms with Crippen LogP contribution in [0.3, 0.4) is 0 Å². The molecular weight excluding hydrogens is 348 g/mol. The Morgan fingerprint density at radius 3 is 1.79 bits per heavy atom.